The summed E-state index contributed by atoms with van der Waals surface area (Å²) in [6, 6.07) is 12.6. The highest BCUT2D eigenvalue weighted by atomic mass is 16.5. The Hall–Kier alpha value is -3.02. The Kier molecular flexibility index (Phi) is 8.34. The van der Waals surface area contributed by atoms with Crippen LogP contribution in [0.4, 0.5) is 0 Å². The molecule has 2 aromatic rings. The molecule has 0 atom stereocenters. The average Bonchev–Trinajstić information content (AvgIpc) is 2.69. The summed E-state index contributed by atoms with van der Waals surface area (Å²) in [7, 11) is 1.54. The van der Waals surface area contributed by atoms with E-state index in [2.05, 4.69) is 17.5 Å². The molecule has 28 heavy (non-hydrogen) atoms. The topological polar surface area (TPSA) is 69.2 Å². The number of amides is 1. The van der Waals surface area contributed by atoms with Crippen molar-refractivity contribution in [3.8, 4) is 17.2 Å². The van der Waals surface area contributed by atoms with Gasteiger partial charge in [-0.3, -0.25) is 4.79 Å². The van der Waals surface area contributed by atoms with E-state index in [1.807, 2.05) is 38.1 Å². The minimum atomic E-state index is -0.329. The van der Waals surface area contributed by atoms with E-state index in [1.54, 1.807) is 24.4 Å². The monoisotopic (exact) mass is 384 g/mol. The molecule has 0 aliphatic heterocycles. The number of unbranched alkanes of at least 4 members (excludes halogenated alkanes) is 1. The van der Waals surface area contributed by atoms with Crippen molar-refractivity contribution in [2.24, 2.45) is 5.10 Å². The van der Waals surface area contributed by atoms with Gasteiger partial charge in [0.2, 0.25) is 0 Å². The Morgan fingerprint density at radius 2 is 1.89 bits per heavy atom. The first-order chi connectivity index (χ1) is 13.5. The maximum Gasteiger partial charge on any atom is 0.271 e. The Morgan fingerprint density at radius 1 is 1.14 bits per heavy atom. The summed E-state index contributed by atoms with van der Waals surface area (Å²) in [5.74, 6) is 1.60. The minimum Gasteiger partial charge on any atom is -0.494 e. The fourth-order valence-corrected chi connectivity index (χ4v) is 2.37. The van der Waals surface area contributed by atoms with E-state index in [-0.39, 0.29) is 12.0 Å². The van der Waals surface area contributed by atoms with Crippen LogP contribution in [0.3, 0.4) is 0 Å². The number of hydrogen-bond acceptors (Lipinski definition) is 5. The zero-order valence-corrected chi connectivity index (χ0v) is 16.9. The molecule has 6 nitrogen and oxygen atoms in total. The second-order valence-electron chi connectivity index (χ2n) is 6.50. The van der Waals surface area contributed by atoms with Gasteiger partial charge in [0, 0.05) is 5.56 Å². The van der Waals surface area contributed by atoms with Crippen molar-refractivity contribution in [3.63, 3.8) is 0 Å². The van der Waals surface area contributed by atoms with Crippen molar-refractivity contribution >= 4 is 12.1 Å². The van der Waals surface area contributed by atoms with Crippen LogP contribution in [0.15, 0.2) is 47.6 Å². The second-order valence-corrected chi connectivity index (χ2v) is 6.50. The summed E-state index contributed by atoms with van der Waals surface area (Å²) in [6.07, 6.45) is 3.73. The maximum absolute atomic E-state index is 12.3. The second kappa shape index (κ2) is 11.0. The van der Waals surface area contributed by atoms with E-state index >= 15 is 0 Å². The van der Waals surface area contributed by atoms with E-state index in [4.69, 9.17) is 14.2 Å². The Labute approximate surface area is 166 Å². The summed E-state index contributed by atoms with van der Waals surface area (Å²) in [5, 5.41) is 4.01. The van der Waals surface area contributed by atoms with E-state index in [0.717, 1.165) is 24.2 Å². The van der Waals surface area contributed by atoms with Crippen molar-refractivity contribution in [1.82, 2.24) is 5.43 Å². The fraction of sp³-hybridized carbons (Fsp3) is 0.364. The molecule has 1 N–H and O–H groups in total. The smallest absolute Gasteiger partial charge is 0.271 e. The SMILES string of the molecule is CCCCOc1ccc(/C=N\NC(=O)c2ccc(OC(C)C)c(OC)c2)cc1. The first-order valence-electron chi connectivity index (χ1n) is 9.44. The van der Waals surface area contributed by atoms with Gasteiger partial charge >= 0.3 is 0 Å². The van der Waals surface area contributed by atoms with Gasteiger partial charge in [-0.2, -0.15) is 5.10 Å². The highest BCUT2D eigenvalue weighted by molar-refractivity contribution is 5.95. The number of carbonyl (C=O) groups is 1. The molecular formula is C22H28N2O4. The van der Waals surface area contributed by atoms with E-state index in [1.165, 1.54) is 7.11 Å². The third-order valence-corrected chi connectivity index (χ3v) is 3.81. The number of nitrogens with one attached hydrogen (secondary N) is 1. The van der Waals surface area contributed by atoms with Gasteiger partial charge in [0.15, 0.2) is 11.5 Å². The van der Waals surface area contributed by atoms with E-state index < -0.39 is 0 Å². The van der Waals surface area contributed by atoms with Crippen LogP contribution >= 0.6 is 0 Å². The largest absolute Gasteiger partial charge is 0.494 e. The van der Waals surface area contributed by atoms with Gasteiger partial charge in [0.1, 0.15) is 5.75 Å². The third-order valence-electron chi connectivity index (χ3n) is 3.81. The Bertz CT molecular complexity index is 786. The molecule has 0 spiro atoms. The number of carbonyl (C=O) groups excluding carboxylic acids is 1. The molecule has 0 fully saturated rings. The number of hydrazone groups is 1. The van der Waals surface area contributed by atoms with Gasteiger partial charge in [0.25, 0.3) is 5.91 Å². The van der Waals surface area contributed by atoms with Gasteiger partial charge in [-0.25, -0.2) is 5.43 Å². The van der Waals surface area contributed by atoms with Crippen LogP contribution in [0.25, 0.3) is 0 Å². The normalized spacial score (nSPS) is 10.9. The molecule has 0 aliphatic carbocycles. The van der Waals surface area contributed by atoms with Crippen LogP contribution in [-0.4, -0.2) is 31.9 Å². The molecule has 0 aliphatic rings. The van der Waals surface area contributed by atoms with Crippen molar-refractivity contribution < 1.29 is 19.0 Å². The molecule has 1 amide bonds. The van der Waals surface area contributed by atoms with Gasteiger partial charge < -0.3 is 14.2 Å². The molecule has 0 heterocycles. The molecule has 2 rings (SSSR count). The molecule has 0 aromatic heterocycles. The predicted molar refractivity (Wildman–Crippen MR) is 111 cm³/mol. The van der Waals surface area contributed by atoms with Gasteiger partial charge in [-0.05, 0) is 68.3 Å². The molecular weight excluding hydrogens is 356 g/mol. The molecule has 2 aromatic carbocycles. The fourth-order valence-electron chi connectivity index (χ4n) is 2.37. The number of methoxy groups -OCH3 is 1. The average molecular weight is 384 g/mol. The molecule has 0 saturated heterocycles. The summed E-state index contributed by atoms with van der Waals surface area (Å²) in [6.45, 7) is 6.70. The van der Waals surface area contributed by atoms with Crippen molar-refractivity contribution in [2.75, 3.05) is 13.7 Å². The maximum atomic E-state index is 12.3. The highest BCUT2D eigenvalue weighted by Gasteiger charge is 2.11. The first kappa shape index (κ1) is 21.3. The zero-order valence-electron chi connectivity index (χ0n) is 16.9. The number of ether oxygens (including phenoxy) is 3. The van der Waals surface area contributed by atoms with Crippen LogP contribution in [0.5, 0.6) is 17.2 Å². The van der Waals surface area contributed by atoms with Crippen molar-refractivity contribution in [1.29, 1.82) is 0 Å². The highest BCUT2D eigenvalue weighted by Crippen LogP contribution is 2.28. The predicted octanol–water partition coefficient (Wildman–Crippen LogP) is 4.43. The number of nitrogens with zero attached hydrogens (tertiary/aromatic N) is 1. The summed E-state index contributed by atoms with van der Waals surface area (Å²) in [4.78, 5) is 12.3. The van der Waals surface area contributed by atoms with E-state index in [9.17, 15) is 4.79 Å². The van der Waals surface area contributed by atoms with Crippen molar-refractivity contribution in [3.05, 3.63) is 53.6 Å². The van der Waals surface area contributed by atoms with Gasteiger partial charge in [-0.15, -0.1) is 0 Å². The van der Waals surface area contributed by atoms with Crippen LogP contribution in [0.2, 0.25) is 0 Å². The van der Waals surface area contributed by atoms with Crippen LogP contribution in [-0.2, 0) is 0 Å². The lowest BCUT2D eigenvalue weighted by Crippen LogP contribution is -2.18. The minimum absolute atomic E-state index is 0.0154. The lowest BCUT2D eigenvalue weighted by molar-refractivity contribution is 0.0954. The first-order valence-corrected chi connectivity index (χ1v) is 9.44. The van der Waals surface area contributed by atoms with Crippen LogP contribution in [0.1, 0.15) is 49.5 Å². The molecule has 0 unspecified atom stereocenters. The number of benzene rings is 2. The summed E-state index contributed by atoms with van der Waals surface area (Å²) >= 11 is 0. The lowest BCUT2D eigenvalue weighted by Gasteiger charge is -2.14. The van der Waals surface area contributed by atoms with Gasteiger partial charge in [-0.1, -0.05) is 13.3 Å². The summed E-state index contributed by atoms with van der Waals surface area (Å²) in [5.41, 5.74) is 3.82. The molecule has 6 heteroatoms. The third kappa shape index (κ3) is 6.61. The quantitative estimate of drug-likeness (QED) is 0.374. The molecule has 0 radical (unpaired) electrons. The Morgan fingerprint density at radius 3 is 2.54 bits per heavy atom. The number of rotatable bonds is 10. The summed E-state index contributed by atoms with van der Waals surface area (Å²) < 4.78 is 16.6. The lowest BCUT2D eigenvalue weighted by atomic mass is 10.2. The number of hydrogen-bond donors (Lipinski definition) is 1. The molecule has 150 valence electrons. The molecule has 0 saturated carbocycles. The van der Waals surface area contributed by atoms with Crippen molar-refractivity contribution in [2.45, 2.75) is 39.7 Å². The van der Waals surface area contributed by atoms with Crippen LogP contribution in [0, 0.1) is 0 Å². The molecule has 0 bridgehead atoms. The van der Waals surface area contributed by atoms with E-state index in [0.29, 0.717) is 23.7 Å². The standard InChI is InChI=1S/C22H28N2O4/c1-5-6-13-27-19-10-7-17(8-11-19)15-23-24-22(25)18-9-12-20(28-16(2)3)21(14-18)26-4/h7-12,14-16H,5-6,13H2,1-4H3,(H,24,25)/b23-15-. The zero-order chi connectivity index (χ0) is 20.4. The Balaban J connectivity index is 1.94. The van der Waals surface area contributed by atoms with Gasteiger partial charge in [0.05, 0.1) is 26.0 Å². The van der Waals surface area contributed by atoms with Crippen LogP contribution < -0.4 is 19.6 Å².